The number of nitrogens with one attached hydrogen (secondary N) is 6. The average Bonchev–Trinajstić information content (AvgIpc) is 1.66. The summed E-state index contributed by atoms with van der Waals surface area (Å²) in [4.78, 5) is 146. The van der Waals surface area contributed by atoms with E-state index >= 15 is 0 Å². The van der Waals surface area contributed by atoms with E-state index in [-0.39, 0.29) is 113 Å². The van der Waals surface area contributed by atoms with E-state index in [9.17, 15) is 98.4 Å². The maximum Gasteiger partial charge on any atom is 0.315 e. The molecule has 0 radical (unpaired) electrons. The number of thiocarbonyl (C=S) groups is 2. The number of fused-ring (bicyclic) bond motifs is 2. The number of carboxylic acid groups (broad SMARTS) is 8. The fraction of sp³-hybridized carbons (Fsp3) is 0.571. The lowest BCUT2D eigenvalue weighted by Gasteiger charge is -2.17. The van der Waals surface area contributed by atoms with Gasteiger partial charge in [0, 0.05) is 144 Å². The number of carbonyl (C=O) groups is 12. The molecule has 0 bridgehead atoms. The van der Waals surface area contributed by atoms with Crippen LogP contribution >= 0.6 is 48.0 Å². The molecular formula is C84H116N8O20S4. The fourth-order valence-electron chi connectivity index (χ4n) is 14.0. The van der Waals surface area contributed by atoms with Crippen LogP contribution in [0.1, 0.15) is 203 Å². The number of ketones is 2. The van der Waals surface area contributed by atoms with Gasteiger partial charge in [0.2, 0.25) is 0 Å². The van der Waals surface area contributed by atoms with Crippen molar-refractivity contribution in [1.29, 1.82) is 0 Å². The molecule has 4 aromatic rings. The first-order valence-electron chi connectivity index (χ1n) is 39.7. The van der Waals surface area contributed by atoms with Crippen LogP contribution in [-0.2, 0) is 99.3 Å². The van der Waals surface area contributed by atoms with Crippen LogP contribution in [0.5, 0.6) is 0 Å². The molecule has 2 aromatic heterocycles. The van der Waals surface area contributed by atoms with Gasteiger partial charge in [-0.2, -0.15) is 23.5 Å². The first kappa shape index (κ1) is 97.4. The molecule has 14 N–H and O–H groups in total. The third-order valence-corrected chi connectivity index (χ3v) is 24.2. The standard InChI is InChI=1S/2C29H36N2O8S.2C13H22N2O2S/c2*1-17(2)29(40)31-22-7-5-18(6-8-22)3-4-19-9-23(11-20(13-25(32)33)14-26(34)35)30-24(10-19)12-21(15-27(36)37)16-28(38)39;2*1-8(2)10(16)5-3-4-6-11-12-9(7-18-11)14-13(17)15-12/h2*5-10,17,20-21H,3-4,11-16H2,1-2H3,(H,31,40)(H,32,33)(H,34,35)(H,36,37)(H,38,39);2*8-9,11-12H,3-7H2,1-2H3,(H2,14,15,17)/t;;2*9?,11-,12?/m..00/s1. The minimum Gasteiger partial charge on any atom is -0.481 e. The molecule has 8 rings (SSSR count). The fourth-order valence-corrected chi connectivity index (χ4v) is 17.3. The molecule has 636 valence electrons. The summed E-state index contributed by atoms with van der Waals surface area (Å²) in [7, 11) is 0. The number of urea groups is 2. The summed E-state index contributed by atoms with van der Waals surface area (Å²) in [6, 6.07) is 24.1. The first-order valence-corrected chi connectivity index (χ1v) is 42.6. The van der Waals surface area contributed by atoms with Crippen molar-refractivity contribution in [2.75, 3.05) is 22.1 Å². The summed E-state index contributed by atoms with van der Waals surface area (Å²) < 4.78 is 0. The molecule has 0 spiro atoms. The molecule has 28 nitrogen and oxygen atoms in total. The van der Waals surface area contributed by atoms with Gasteiger partial charge in [-0.25, -0.2) is 9.59 Å². The number of hydrogen-bond acceptors (Lipinski definition) is 18. The van der Waals surface area contributed by atoms with Crippen LogP contribution in [-0.4, -0.2) is 178 Å². The molecule has 0 saturated carbocycles. The normalized spacial score (nSPS) is 17.0. The van der Waals surface area contributed by atoms with Crippen LogP contribution in [0.3, 0.4) is 0 Å². The predicted octanol–water partition coefficient (Wildman–Crippen LogP) is 12.8. The van der Waals surface area contributed by atoms with Gasteiger partial charge in [-0.05, 0) is 172 Å². The Hall–Kier alpha value is -9.14. The number of rotatable bonds is 46. The molecule has 32 heteroatoms. The summed E-state index contributed by atoms with van der Waals surface area (Å²) in [5, 5.41) is 93.2. The van der Waals surface area contributed by atoms with Gasteiger partial charge in [-0.15, -0.1) is 0 Å². The number of carboxylic acids is 8. The van der Waals surface area contributed by atoms with Crippen molar-refractivity contribution in [1.82, 2.24) is 31.2 Å². The number of pyridine rings is 2. The number of carbonyl (C=O) groups excluding carboxylic acids is 4. The van der Waals surface area contributed by atoms with E-state index in [1.165, 1.54) is 0 Å². The number of aromatic nitrogens is 2. The maximum absolute atomic E-state index is 11.5. The number of anilines is 2. The molecule has 4 amide bonds. The lowest BCUT2D eigenvalue weighted by atomic mass is 9.92. The molecule has 4 fully saturated rings. The Morgan fingerprint density at radius 3 is 0.888 bits per heavy atom. The zero-order valence-electron chi connectivity index (χ0n) is 67.4. The summed E-state index contributed by atoms with van der Waals surface area (Å²) in [6.07, 6.45) is 7.95. The Morgan fingerprint density at radius 2 is 0.647 bits per heavy atom. The molecule has 6 heterocycles. The van der Waals surface area contributed by atoms with E-state index in [1.54, 1.807) is 24.3 Å². The van der Waals surface area contributed by atoms with Crippen LogP contribution in [0.15, 0.2) is 72.8 Å². The molecule has 4 aliphatic heterocycles. The number of unbranched alkanes of at least 4 members (excludes halogenated alkanes) is 2. The zero-order chi connectivity index (χ0) is 85.9. The number of aliphatic carboxylic acids is 8. The van der Waals surface area contributed by atoms with Crippen LogP contribution in [0.2, 0.25) is 0 Å². The Bertz CT molecular complexity index is 3580. The number of benzene rings is 2. The van der Waals surface area contributed by atoms with E-state index in [0.717, 1.165) is 93.6 Å². The number of thioether (sulfide) groups is 2. The van der Waals surface area contributed by atoms with Gasteiger partial charge in [-0.1, -0.05) is 117 Å². The monoisotopic (exact) mass is 1680 g/mol. The SMILES string of the molecule is CC(C)C(=O)CCCC[C@@H]1SCC2NC(=O)NC21.CC(C)C(=O)CCCC[C@@H]1SCC2NC(=O)NC21.CC(C)C(=S)Nc1ccc(CCc2cc(CC(CC(=O)O)CC(=O)O)nc(CC(CC(=O)O)CC(=O)O)c2)cc1.CC(C)C(=S)Nc1ccc(CCc2cc(CC(CC(=O)O)CC(=O)O)nc(CC(CC(=O)O)CC(=O)O)c2)cc1. The van der Waals surface area contributed by atoms with Crippen molar-refractivity contribution in [3.63, 3.8) is 0 Å². The van der Waals surface area contributed by atoms with Crippen LogP contribution in [0.4, 0.5) is 21.0 Å². The van der Waals surface area contributed by atoms with Gasteiger partial charge in [0.05, 0.1) is 34.1 Å². The second kappa shape index (κ2) is 49.8. The molecule has 6 atom stereocenters. The summed E-state index contributed by atoms with van der Waals surface area (Å²) in [6.45, 7) is 15.9. The minimum absolute atomic E-state index is 0.0229. The largest absolute Gasteiger partial charge is 0.481 e. The third-order valence-electron chi connectivity index (χ3n) is 20.1. The number of hydrogen-bond donors (Lipinski definition) is 14. The highest BCUT2D eigenvalue weighted by atomic mass is 32.2. The second-order valence-corrected chi connectivity index (χ2v) is 35.1. The zero-order valence-corrected chi connectivity index (χ0v) is 70.7. The number of aryl methyl sites for hydroxylation is 4. The number of amides is 4. The Kier molecular flexibility index (Phi) is 41.8. The van der Waals surface area contributed by atoms with E-state index in [4.69, 9.17) is 24.4 Å². The lowest BCUT2D eigenvalue weighted by molar-refractivity contribution is -0.142. The minimum atomic E-state index is -1.11. The molecule has 4 unspecified atom stereocenters. The Balaban J connectivity index is 0.000000293. The lowest BCUT2D eigenvalue weighted by Crippen LogP contribution is -2.36. The summed E-state index contributed by atoms with van der Waals surface area (Å²) in [5.74, 6) is -8.12. The third kappa shape index (κ3) is 37.9. The van der Waals surface area contributed by atoms with Crippen molar-refractivity contribution in [2.24, 2.45) is 47.3 Å². The summed E-state index contributed by atoms with van der Waals surface area (Å²) in [5.41, 5.74) is 7.59. The molecule has 4 aliphatic rings. The average molecular weight is 1690 g/mol. The van der Waals surface area contributed by atoms with E-state index in [0.29, 0.717) is 108 Å². The van der Waals surface area contributed by atoms with E-state index in [1.807, 2.05) is 127 Å². The number of Topliss-reactive ketones (excluding diaryl/α,β-unsaturated/α-hetero) is 2. The highest BCUT2D eigenvalue weighted by Gasteiger charge is 2.44. The van der Waals surface area contributed by atoms with Gasteiger partial charge in [0.15, 0.2) is 0 Å². The van der Waals surface area contributed by atoms with Gasteiger partial charge in [-0.3, -0.25) is 57.9 Å². The highest BCUT2D eigenvalue weighted by Crippen LogP contribution is 2.35. The van der Waals surface area contributed by atoms with Crippen molar-refractivity contribution < 1.29 is 98.4 Å². The predicted molar refractivity (Wildman–Crippen MR) is 453 cm³/mol. The van der Waals surface area contributed by atoms with Gasteiger partial charge < -0.3 is 72.8 Å². The van der Waals surface area contributed by atoms with Crippen LogP contribution in [0.25, 0.3) is 0 Å². The van der Waals surface area contributed by atoms with Crippen LogP contribution in [0, 0.1) is 47.3 Å². The van der Waals surface area contributed by atoms with Crippen molar-refractivity contribution >= 4 is 141 Å². The quantitative estimate of drug-likeness (QED) is 0.0111. The molecule has 4 saturated heterocycles. The smallest absolute Gasteiger partial charge is 0.315 e. The van der Waals surface area contributed by atoms with Crippen LogP contribution < -0.4 is 31.9 Å². The van der Waals surface area contributed by atoms with Crippen molar-refractivity contribution in [3.05, 3.63) is 118 Å². The number of nitrogens with zero attached hydrogens (tertiary/aromatic N) is 2. The van der Waals surface area contributed by atoms with Crippen molar-refractivity contribution in [2.45, 2.75) is 244 Å². The molecular weight excluding hydrogens is 1570 g/mol. The Morgan fingerprint density at radius 1 is 0.388 bits per heavy atom. The van der Waals surface area contributed by atoms with Gasteiger partial charge in [0.25, 0.3) is 0 Å². The first-order chi connectivity index (χ1) is 54.7. The highest BCUT2D eigenvalue weighted by molar-refractivity contribution is 8.00. The van der Waals surface area contributed by atoms with E-state index in [2.05, 4.69) is 41.9 Å². The topological polar surface area (TPSA) is 465 Å². The molecule has 2 aromatic carbocycles. The second-order valence-electron chi connectivity index (χ2n) is 31.6. The van der Waals surface area contributed by atoms with E-state index < -0.39 is 71.4 Å². The Labute approximate surface area is 697 Å². The van der Waals surface area contributed by atoms with Crippen molar-refractivity contribution in [3.8, 4) is 0 Å². The molecule has 116 heavy (non-hydrogen) atoms. The van der Waals surface area contributed by atoms with Gasteiger partial charge in [0.1, 0.15) is 11.6 Å². The maximum atomic E-state index is 11.5. The summed E-state index contributed by atoms with van der Waals surface area (Å²) >= 11 is 14.6. The molecule has 0 aliphatic carbocycles. The van der Waals surface area contributed by atoms with Gasteiger partial charge >= 0.3 is 59.8 Å².